The number of benzene rings is 1. The number of hydrogen-bond donors (Lipinski definition) is 0. The number of carbonyl (C=O) groups excluding carboxylic acids is 2. The molecule has 1 aromatic rings. The molecule has 0 spiro atoms. The predicted octanol–water partition coefficient (Wildman–Crippen LogP) is 0.0625. The molecule has 0 saturated carbocycles. The van der Waals surface area contributed by atoms with Gasteiger partial charge in [0.15, 0.2) is 6.61 Å². The van der Waals surface area contributed by atoms with Crippen LogP contribution in [0.15, 0.2) is 24.3 Å². The quantitative estimate of drug-likeness (QED) is 0.767. The lowest BCUT2D eigenvalue weighted by Crippen LogP contribution is -2.45. The van der Waals surface area contributed by atoms with Crippen LogP contribution in [0.25, 0.3) is 0 Å². The third kappa shape index (κ3) is 4.11. The summed E-state index contributed by atoms with van der Waals surface area (Å²) in [4.78, 5) is 24.4. The molecule has 1 heterocycles. The van der Waals surface area contributed by atoms with Gasteiger partial charge in [0, 0.05) is 25.0 Å². The molecule has 0 bridgehead atoms. The number of nitrogens with zero attached hydrogens (tertiary/aromatic N) is 1. The van der Waals surface area contributed by atoms with Crippen molar-refractivity contribution < 1.29 is 24.2 Å². The Kier molecular flexibility index (Phi) is 5.03. The second kappa shape index (κ2) is 6.97. The fraction of sp³-hybridized carbons (Fsp3) is 0.467. The molecular formula is C15H18NO5-. The second-order valence-electron chi connectivity index (χ2n) is 4.94. The van der Waals surface area contributed by atoms with Gasteiger partial charge in [-0.3, -0.25) is 4.79 Å². The van der Waals surface area contributed by atoms with Crippen LogP contribution in [0, 0.1) is 5.92 Å². The van der Waals surface area contributed by atoms with Crippen LogP contribution >= 0.6 is 0 Å². The minimum Gasteiger partial charge on any atom is -0.550 e. The van der Waals surface area contributed by atoms with Gasteiger partial charge in [0.2, 0.25) is 0 Å². The number of ether oxygens (including phenoxy) is 2. The Bertz CT molecular complexity index is 491. The number of piperidine rings is 1. The Labute approximate surface area is 123 Å². The lowest BCUT2D eigenvalue weighted by molar-refractivity contribution is -0.312. The first-order valence-corrected chi connectivity index (χ1v) is 6.85. The van der Waals surface area contributed by atoms with Crippen molar-refractivity contribution in [2.75, 3.05) is 26.8 Å². The van der Waals surface area contributed by atoms with Gasteiger partial charge >= 0.3 is 0 Å². The molecule has 1 saturated heterocycles. The van der Waals surface area contributed by atoms with Crippen LogP contribution < -0.4 is 14.6 Å². The first kappa shape index (κ1) is 15.2. The smallest absolute Gasteiger partial charge is 0.260 e. The number of carboxylic acids is 1. The molecule has 2 rings (SSSR count). The largest absolute Gasteiger partial charge is 0.550 e. The maximum absolute atomic E-state index is 12.0. The van der Waals surface area contributed by atoms with Gasteiger partial charge in [-0.2, -0.15) is 0 Å². The number of likely N-dealkylation sites (tertiary alicyclic amines) is 1. The van der Waals surface area contributed by atoms with Gasteiger partial charge in [0.05, 0.1) is 7.11 Å². The van der Waals surface area contributed by atoms with Crippen molar-refractivity contribution in [1.82, 2.24) is 4.90 Å². The number of methoxy groups -OCH3 is 1. The Morgan fingerprint density at radius 1 is 1.19 bits per heavy atom. The number of amides is 1. The van der Waals surface area contributed by atoms with E-state index in [1.54, 1.807) is 36.3 Å². The van der Waals surface area contributed by atoms with Gasteiger partial charge in [-0.1, -0.05) is 0 Å². The summed E-state index contributed by atoms with van der Waals surface area (Å²) in [5, 5.41) is 10.7. The molecule has 114 valence electrons. The molecule has 6 heteroatoms. The minimum atomic E-state index is -1.03. The molecule has 1 aromatic carbocycles. The van der Waals surface area contributed by atoms with E-state index >= 15 is 0 Å². The maximum atomic E-state index is 12.0. The van der Waals surface area contributed by atoms with Crippen molar-refractivity contribution in [1.29, 1.82) is 0 Å². The third-order valence-corrected chi connectivity index (χ3v) is 3.60. The fourth-order valence-corrected chi connectivity index (χ4v) is 2.27. The summed E-state index contributed by atoms with van der Waals surface area (Å²) in [5.41, 5.74) is 0. The molecule has 21 heavy (non-hydrogen) atoms. The van der Waals surface area contributed by atoms with Crippen LogP contribution in [0.4, 0.5) is 0 Å². The number of rotatable bonds is 5. The topological polar surface area (TPSA) is 78.9 Å². The van der Waals surface area contributed by atoms with Gasteiger partial charge in [-0.15, -0.1) is 0 Å². The van der Waals surface area contributed by atoms with Crippen LogP contribution in [-0.2, 0) is 9.59 Å². The first-order valence-electron chi connectivity index (χ1n) is 6.85. The van der Waals surface area contributed by atoms with E-state index in [9.17, 15) is 14.7 Å². The number of carboxylic acid groups (broad SMARTS) is 1. The highest BCUT2D eigenvalue weighted by atomic mass is 16.5. The van der Waals surface area contributed by atoms with Crippen molar-refractivity contribution in [2.45, 2.75) is 12.8 Å². The van der Waals surface area contributed by atoms with Crippen molar-refractivity contribution in [3.05, 3.63) is 24.3 Å². The van der Waals surface area contributed by atoms with Crippen molar-refractivity contribution in [2.24, 2.45) is 5.92 Å². The van der Waals surface area contributed by atoms with E-state index in [-0.39, 0.29) is 12.5 Å². The summed E-state index contributed by atoms with van der Waals surface area (Å²) < 4.78 is 10.5. The zero-order chi connectivity index (χ0) is 15.2. The van der Waals surface area contributed by atoms with Crippen molar-refractivity contribution in [3.63, 3.8) is 0 Å². The molecule has 1 aliphatic heterocycles. The number of hydrogen-bond acceptors (Lipinski definition) is 5. The summed E-state index contributed by atoms with van der Waals surface area (Å²) >= 11 is 0. The summed E-state index contributed by atoms with van der Waals surface area (Å²) in [6, 6.07) is 6.97. The molecule has 1 amide bonds. The highest BCUT2D eigenvalue weighted by molar-refractivity contribution is 5.78. The monoisotopic (exact) mass is 292 g/mol. The van der Waals surface area contributed by atoms with Gasteiger partial charge in [-0.05, 0) is 37.1 Å². The Morgan fingerprint density at radius 3 is 2.29 bits per heavy atom. The van der Waals surface area contributed by atoms with Crippen LogP contribution in [0.5, 0.6) is 11.5 Å². The van der Waals surface area contributed by atoms with Gasteiger partial charge in [0.25, 0.3) is 5.91 Å². The molecule has 0 unspecified atom stereocenters. The molecule has 1 aliphatic rings. The Balaban J connectivity index is 1.78. The predicted molar refractivity (Wildman–Crippen MR) is 72.8 cm³/mol. The lowest BCUT2D eigenvalue weighted by Gasteiger charge is -2.32. The number of carbonyl (C=O) groups is 2. The van der Waals surface area contributed by atoms with Gasteiger partial charge < -0.3 is 24.3 Å². The van der Waals surface area contributed by atoms with E-state index < -0.39 is 11.9 Å². The molecule has 1 fully saturated rings. The van der Waals surface area contributed by atoms with E-state index in [1.807, 2.05) is 0 Å². The Hall–Kier alpha value is -2.24. The third-order valence-electron chi connectivity index (χ3n) is 3.60. The molecule has 6 nitrogen and oxygen atoms in total. The van der Waals surface area contributed by atoms with E-state index in [1.165, 1.54) is 0 Å². The average molecular weight is 292 g/mol. The van der Waals surface area contributed by atoms with Gasteiger partial charge in [0.1, 0.15) is 11.5 Å². The van der Waals surface area contributed by atoms with E-state index in [0.717, 1.165) is 5.75 Å². The van der Waals surface area contributed by atoms with Crippen LogP contribution in [-0.4, -0.2) is 43.6 Å². The highest BCUT2D eigenvalue weighted by Gasteiger charge is 2.23. The van der Waals surface area contributed by atoms with E-state index in [2.05, 4.69) is 0 Å². The van der Waals surface area contributed by atoms with E-state index in [4.69, 9.17) is 9.47 Å². The Morgan fingerprint density at radius 2 is 1.76 bits per heavy atom. The zero-order valence-corrected chi connectivity index (χ0v) is 11.9. The summed E-state index contributed by atoms with van der Waals surface area (Å²) in [6.07, 6.45) is 0.882. The summed E-state index contributed by atoms with van der Waals surface area (Å²) in [6.45, 7) is 0.815. The van der Waals surface area contributed by atoms with Crippen LogP contribution in [0.3, 0.4) is 0 Å². The molecule has 0 radical (unpaired) electrons. The summed E-state index contributed by atoms with van der Waals surface area (Å²) in [7, 11) is 1.58. The SMILES string of the molecule is COc1ccc(OCC(=O)N2CCC(C(=O)[O-])CC2)cc1. The normalized spacial score (nSPS) is 15.6. The molecule has 0 atom stereocenters. The van der Waals surface area contributed by atoms with Crippen LogP contribution in [0.1, 0.15) is 12.8 Å². The molecule has 0 aromatic heterocycles. The fourth-order valence-electron chi connectivity index (χ4n) is 2.27. The highest BCUT2D eigenvalue weighted by Crippen LogP contribution is 2.18. The summed E-state index contributed by atoms with van der Waals surface area (Å²) in [5.74, 6) is -0.303. The van der Waals surface area contributed by atoms with Crippen molar-refractivity contribution >= 4 is 11.9 Å². The minimum absolute atomic E-state index is 0.0533. The maximum Gasteiger partial charge on any atom is 0.260 e. The average Bonchev–Trinajstić information content (AvgIpc) is 2.53. The first-order chi connectivity index (χ1) is 10.1. The standard InChI is InChI=1S/C15H19NO5/c1-20-12-2-4-13(5-3-12)21-10-14(17)16-8-6-11(7-9-16)15(18)19/h2-5,11H,6-10H2,1H3,(H,18,19)/p-1. The lowest BCUT2D eigenvalue weighted by atomic mass is 9.97. The molecular weight excluding hydrogens is 274 g/mol. The molecule has 0 aliphatic carbocycles. The second-order valence-corrected chi connectivity index (χ2v) is 4.94. The van der Waals surface area contributed by atoms with E-state index in [0.29, 0.717) is 31.7 Å². The van der Waals surface area contributed by atoms with Crippen molar-refractivity contribution in [3.8, 4) is 11.5 Å². The zero-order valence-electron chi connectivity index (χ0n) is 11.9. The van der Waals surface area contributed by atoms with Gasteiger partial charge in [-0.25, -0.2) is 0 Å². The van der Waals surface area contributed by atoms with Crippen LogP contribution in [0.2, 0.25) is 0 Å². The number of aliphatic carboxylic acids is 1. The molecule has 0 N–H and O–H groups in total.